The lowest BCUT2D eigenvalue weighted by molar-refractivity contribution is -0.132. The maximum Gasteiger partial charge on any atom is 0.257 e. The van der Waals surface area contributed by atoms with Crippen molar-refractivity contribution in [2.24, 2.45) is 11.8 Å². The van der Waals surface area contributed by atoms with Gasteiger partial charge in [0.2, 0.25) is 11.8 Å². The van der Waals surface area contributed by atoms with E-state index in [2.05, 4.69) is 20.9 Å². The number of carbonyl (C=O) groups is 3. The van der Waals surface area contributed by atoms with Gasteiger partial charge in [-0.15, -0.1) is 11.3 Å². The van der Waals surface area contributed by atoms with Gasteiger partial charge in [0.25, 0.3) is 5.91 Å². The summed E-state index contributed by atoms with van der Waals surface area (Å²) in [7, 11) is 1.55. The molecule has 3 heterocycles. The van der Waals surface area contributed by atoms with E-state index in [1.807, 2.05) is 47.8 Å². The second kappa shape index (κ2) is 15.6. The maximum atomic E-state index is 14.2. The third kappa shape index (κ3) is 8.16. The Morgan fingerprint density at radius 2 is 1.72 bits per heavy atom. The summed E-state index contributed by atoms with van der Waals surface area (Å²) in [4.78, 5) is 44.4. The number of rotatable bonds is 12. The Balaban J connectivity index is 1.11. The highest BCUT2D eigenvalue weighted by molar-refractivity contribution is 7.17. The molecule has 0 spiro atoms. The van der Waals surface area contributed by atoms with E-state index in [0.717, 1.165) is 92.9 Å². The number of thiophene rings is 1. The Hall–Kier alpha value is -3.47. The molecule has 1 saturated carbocycles. The highest BCUT2D eigenvalue weighted by Crippen LogP contribution is 2.35. The summed E-state index contributed by atoms with van der Waals surface area (Å²) in [5.74, 6) is 0.783. The molecule has 3 aliphatic rings. The summed E-state index contributed by atoms with van der Waals surface area (Å²) in [6.07, 6.45) is 7.42. The second-order valence-electron chi connectivity index (χ2n) is 13.5. The lowest BCUT2D eigenvalue weighted by atomic mass is 9.93. The molecule has 3 N–H and O–H groups in total. The van der Waals surface area contributed by atoms with Crippen LogP contribution < -0.4 is 20.7 Å². The molecule has 0 radical (unpaired) electrons. The fourth-order valence-corrected chi connectivity index (χ4v) is 8.39. The molecule has 2 saturated heterocycles. The number of nitrogens with one attached hydrogen (secondary N) is 3. The molecule has 3 amide bonds. The van der Waals surface area contributed by atoms with E-state index >= 15 is 0 Å². The van der Waals surface area contributed by atoms with Gasteiger partial charge < -0.3 is 30.3 Å². The minimum Gasteiger partial charge on any atom is -0.496 e. The molecule has 2 aliphatic heterocycles. The average molecular weight is 661 g/mol. The van der Waals surface area contributed by atoms with Crippen molar-refractivity contribution < 1.29 is 23.9 Å². The van der Waals surface area contributed by atoms with E-state index in [9.17, 15) is 14.4 Å². The van der Waals surface area contributed by atoms with E-state index in [1.54, 1.807) is 13.2 Å². The van der Waals surface area contributed by atoms with Crippen LogP contribution in [0.4, 0.5) is 0 Å². The minimum atomic E-state index is -1.10. The van der Waals surface area contributed by atoms with Crippen LogP contribution in [0.1, 0.15) is 67.3 Å². The first-order chi connectivity index (χ1) is 22.9. The normalized spacial score (nSPS) is 19.7. The zero-order chi connectivity index (χ0) is 32.6. The number of benzene rings is 2. The zero-order valence-electron chi connectivity index (χ0n) is 27.4. The zero-order valence-corrected chi connectivity index (χ0v) is 28.2. The lowest BCUT2D eigenvalue weighted by Gasteiger charge is -2.35. The fraction of sp³-hybridized carbons (Fsp3) is 0.541. The maximum absolute atomic E-state index is 14.2. The largest absolute Gasteiger partial charge is 0.496 e. The third-order valence-corrected chi connectivity index (χ3v) is 11.3. The topological polar surface area (TPSA) is 109 Å². The van der Waals surface area contributed by atoms with Crippen molar-refractivity contribution in [1.29, 1.82) is 0 Å². The Labute approximate surface area is 281 Å². The summed E-state index contributed by atoms with van der Waals surface area (Å²) in [6, 6.07) is 14.7. The van der Waals surface area contributed by atoms with Gasteiger partial charge in [-0.3, -0.25) is 14.4 Å². The van der Waals surface area contributed by atoms with Gasteiger partial charge in [0, 0.05) is 32.7 Å². The molecule has 3 aromatic rings. The number of amides is 3. The van der Waals surface area contributed by atoms with Crippen LogP contribution in [0.25, 0.3) is 10.1 Å². The van der Waals surface area contributed by atoms with Crippen LogP contribution in [-0.2, 0) is 20.7 Å². The van der Waals surface area contributed by atoms with Crippen LogP contribution in [0, 0.1) is 11.8 Å². The molecule has 0 bridgehead atoms. The van der Waals surface area contributed by atoms with Crippen LogP contribution in [0.2, 0.25) is 0 Å². The molecule has 9 nitrogen and oxygen atoms in total. The average Bonchev–Trinajstić information content (AvgIpc) is 3.78. The van der Waals surface area contributed by atoms with Gasteiger partial charge in [0.15, 0.2) is 0 Å². The molecule has 3 fully saturated rings. The number of carbonyl (C=O) groups excluding carboxylic acids is 3. The highest BCUT2D eigenvalue weighted by Gasteiger charge is 2.44. The molecule has 10 heteroatoms. The first-order valence-electron chi connectivity index (χ1n) is 17.2. The fourth-order valence-electron chi connectivity index (χ4n) is 7.46. The molecular weight excluding hydrogens is 612 g/mol. The van der Waals surface area contributed by atoms with Gasteiger partial charge in [-0.2, -0.15) is 0 Å². The molecule has 2 aromatic carbocycles. The van der Waals surface area contributed by atoms with E-state index in [0.29, 0.717) is 43.0 Å². The van der Waals surface area contributed by atoms with Crippen molar-refractivity contribution in [3.8, 4) is 5.75 Å². The van der Waals surface area contributed by atoms with Gasteiger partial charge in [-0.05, 0) is 98.0 Å². The van der Waals surface area contributed by atoms with E-state index in [-0.39, 0.29) is 17.7 Å². The van der Waals surface area contributed by atoms with Crippen molar-refractivity contribution in [2.45, 2.75) is 69.4 Å². The molecule has 6 rings (SSSR count). The summed E-state index contributed by atoms with van der Waals surface area (Å²) < 4.78 is 11.9. The summed E-state index contributed by atoms with van der Waals surface area (Å²) >= 11 is 1.48. The second-order valence-corrected chi connectivity index (χ2v) is 14.4. The Bertz CT molecular complexity index is 1510. The highest BCUT2D eigenvalue weighted by atomic mass is 32.1. The summed E-state index contributed by atoms with van der Waals surface area (Å²) in [5, 5.41) is 12.3. The number of ether oxygens (including phenoxy) is 2. The molecular formula is C37H48N4O5S. The molecule has 252 valence electrons. The Morgan fingerprint density at radius 1 is 0.979 bits per heavy atom. The standard InChI is InChI=1S/C37H48N4O5S/c1-45-31-10-9-29-15-22-47-33(29)32(31)35(43)40-37(16-5-6-17-37)36(44)39-30(23-26-7-3-2-4-8-26)34(42)38-24-27-11-18-41(19-12-27)25-28-13-20-46-21-14-28/h2-4,7-10,15,22,27-28,30H,5-6,11-14,16-21,23-25H2,1H3,(H,38,42)(H,39,44)(H,40,43)/t30-/m1/s1. The quantitative estimate of drug-likeness (QED) is 0.254. The van der Waals surface area contributed by atoms with Crippen molar-refractivity contribution in [3.05, 3.63) is 65.0 Å². The smallest absolute Gasteiger partial charge is 0.257 e. The summed E-state index contributed by atoms with van der Waals surface area (Å²) in [5.41, 5.74) is 0.304. The minimum absolute atomic E-state index is 0.184. The first kappa shape index (κ1) is 33.4. The number of hydrogen-bond acceptors (Lipinski definition) is 7. The number of methoxy groups -OCH3 is 1. The van der Waals surface area contributed by atoms with Gasteiger partial charge in [-0.1, -0.05) is 43.2 Å². The van der Waals surface area contributed by atoms with Crippen LogP contribution in [0.5, 0.6) is 5.75 Å². The number of nitrogens with zero attached hydrogens (tertiary/aromatic N) is 1. The van der Waals surface area contributed by atoms with Crippen molar-refractivity contribution in [3.63, 3.8) is 0 Å². The number of hydrogen-bond donors (Lipinski definition) is 3. The van der Waals surface area contributed by atoms with Crippen molar-refractivity contribution >= 4 is 39.1 Å². The number of fused-ring (bicyclic) bond motifs is 1. The van der Waals surface area contributed by atoms with Gasteiger partial charge in [0.05, 0.1) is 17.4 Å². The molecule has 1 aromatic heterocycles. The SMILES string of the molecule is COc1ccc2ccsc2c1C(=O)NC1(C(=O)N[C@H](Cc2ccccc2)C(=O)NCC2CCN(CC3CCOCC3)CC2)CCCC1. The Morgan fingerprint density at radius 3 is 2.45 bits per heavy atom. The predicted molar refractivity (Wildman–Crippen MR) is 185 cm³/mol. The Kier molecular flexibility index (Phi) is 11.1. The monoisotopic (exact) mass is 660 g/mol. The van der Waals surface area contributed by atoms with E-state index < -0.39 is 11.6 Å². The van der Waals surface area contributed by atoms with Crippen LogP contribution in [-0.4, -0.2) is 80.7 Å². The van der Waals surface area contributed by atoms with Crippen molar-refractivity contribution in [2.75, 3.05) is 46.5 Å². The number of piperidine rings is 1. The number of likely N-dealkylation sites (tertiary alicyclic amines) is 1. The van der Waals surface area contributed by atoms with Gasteiger partial charge in [0.1, 0.15) is 17.3 Å². The van der Waals surface area contributed by atoms with Gasteiger partial charge >= 0.3 is 0 Å². The first-order valence-corrected chi connectivity index (χ1v) is 18.1. The van der Waals surface area contributed by atoms with E-state index in [1.165, 1.54) is 11.3 Å². The lowest BCUT2D eigenvalue weighted by Crippen LogP contribution is -2.61. The van der Waals surface area contributed by atoms with Crippen LogP contribution in [0.3, 0.4) is 0 Å². The van der Waals surface area contributed by atoms with Crippen molar-refractivity contribution in [1.82, 2.24) is 20.9 Å². The third-order valence-electron chi connectivity index (χ3n) is 10.3. The molecule has 0 unspecified atom stereocenters. The van der Waals surface area contributed by atoms with Gasteiger partial charge in [-0.25, -0.2) is 0 Å². The molecule has 1 aliphatic carbocycles. The van der Waals surface area contributed by atoms with Crippen LogP contribution >= 0.6 is 11.3 Å². The molecule has 1 atom stereocenters. The predicted octanol–water partition coefficient (Wildman–Crippen LogP) is 4.93. The van der Waals surface area contributed by atoms with E-state index in [4.69, 9.17) is 9.47 Å². The summed E-state index contributed by atoms with van der Waals surface area (Å²) in [6.45, 7) is 5.59. The van der Waals surface area contributed by atoms with Crippen LogP contribution in [0.15, 0.2) is 53.9 Å². The molecule has 47 heavy (non-hydrogen) atoms.